The highest BCUT2D eigenvalue weighted by molar-refractivity contribution is 5.97. The van der Waals surface area contributed by atoms with Crippen LogP contribution in [-0.2, 0) is 10.2 Å². The zero-order valence-corrected chi connectivity index (χ0v) is 13.3. The zero-order chi connectivity index (χ0) is 17.0. The molecule has 2 aromatic rings. The molecule has 5 nitrogen and oxygen atoms in total. The van der Waals surface area contributed by atoms with Gasteiger partial charge in [0, 0.05) is 12.0 Å². The van der Waals surface area contributed by atoms with E-state index in [-0.39, 0.29) is 17.9 Å². The van der Waals surface area contributed by atoms with Crippen LogP contribution < -0.4 is 15.8 Å². The predicted octanol–water partition coefficient (Wildman–Crippen LogP) is 2.01. The maximum absolute atomic E-state index is 12.5. The number of amides is 2. The van der Waals surface area contributed by atoms with E-state index in [4.69, 9.17) is 10.5 Å². The minimum Gasteiger partial charge on any atom is -0.483 e. The molecule has 2 amide bonds. The summed E-state index contributed by atoms with van der Waals surface area (Å²) in [6, 6.07) is 17.1. The second-order valence-electron chi connectivity index (χ2n) is 6.08. The SMILES string of the molecule is NC(=O)COc1ccccc1C(=O)NCC1(c2ccccc2)CC1. The van der Waals surface area contributed by atoms with Gasteiger partial charge < -0.3 is 15.8 Å². The minimum atomic E-state index is -0.578. The average molecular weight is 324 g/mol. The Morgan fingerprint density at radius 2 is 1.71 bits per heavy atom. The fraction of sp³-hybridized carbons (Fsp3) is 0.263. The molecule has 5 heteroatoms. The lowest BCUT2D eigenvalue weighted by Crippen LogP contribution is -2.32. The van der Waals surface area contributed by atoms with Crippen LogP contribution in [0.15, 0.2) is 54.6 Å². The van der Waals surface area contributed by atoms with E-state index >= 15 is 0 Å². The summed E-state index contributed by atoms with van der Waals surface area (Å²) >= 11 is 0. The third-order valence-electron chi connectivity index (χ3n) is 4.33. The van der Waals surface area contributed by atoms with Crippen molar-refractivity contribution in [1.82, 2.24) is 5.32 Å². The first kappa shape index (κ1) is 16.1. The molecule has 0 radical (unpaired) electrons. The zero-order valence-electron chi connectivity index (χ0n) is 13.3. The molecule has 24 heavy (non-hydrogen) atoms. The number of benzene rings is 2. The summed E-state index contributed by atoms with van der Waals surface area (Å²) in [5, 5.41) is 2.99. The van der Waals surface area contributed by atoms with Gasteiger partial charge in [-0.05, 0) is 30.5 Å². The highest BCUT2D eigenvalue weighted by Gasteiger charge is 2.44. The largest absolute Gasteiger partial charge is 0.483 e. The van der Waals surface area contributed by atoms with Crippen LogP contribution in [0.25, 0.3) is 0 Å². The van der Waals surface area contributed by atoms with E-state index in [1.807, 2.05) is 18.2 Å². The van der Waals surface area contributed by atoms with Crippen LogP contribution in [0, 0.1) is 0 Å². The summed E-state index contributed by atoms with van der Waals surface area (Å²) in [6.07, 6.45) is 2.13. The van der Waals surface area contributed by atoms with E-state index in [2.05, 4.69) is 17.4 Å². The third-order valence-corrected chi connectivity index (χ3v) is 4.33. The minimum absolute atomic E-state index is 0.0416. The van der Waals surface area contributed by atoms with Gasteiger partial charge in [-0.15, -0.1) is 0 Å². The normalized spacial score (nSPS) is 14.7. The van der Waals surface area contributed by atoms with Gasteiger partial charge in [0.1, 0.15) is 5.75 Å². The first-order valence-electron chi connectivity index (χ1n) is 7.95. The van der Waals surface area contributed by atoms with E-state index < -0.39 is 5.91 Å². The first-order chi connectivity index (χ1) is 11.6. The lowest BCUT2D eigenvalue weighted by atomic mass is 9.96. The molecule has 0 bridgehead atoms. The molecule has 124 valence electrons. The van der Waals surface area contributed by atoms with Gasteiger partial charge in [0.05, 0.1) is 5.56 Å². The van der Waals surface area contributed by atoms with Gasteiger partial charge in [0.2, 0.25) is 0 Å². The Labute approximate surface area is 140 Å². The standard InChI is InChI=1S/C19H20N2O3/c20-17(22)12-24-16-9-5-4-8-15(16)18(23)21-13-19(10-11-19)14-6-2-1-3-7-14/h1-9H,10-13H2,(H2,20,22)(H,21,23). The van der Waals surface area contributed by atoms with Crippen molar-refractivity contribution in [3.8, 4) is 5.75 Å². The third kappa shape index (κ3) is 3.56. The Hall–Kier alpha value is -2.82. The van der Waals surface area contributed by atoms with Crippen molar-refractivity contribution in [1.29, 1.82) is 0 Å². The van der Waals surface area contributed by atoms with Crippen molar-refractivity contribution >= 4 is 11.8 Å². The van der Waals surface area contributed by atoms with Crippen molar-refractivity contribution in [2.45, 2.75) is 18.3 Å². The Balaban J connectivity index is 1.67. The van der Waals surface area contributed by atoms with Gasteiger partial charge in [-0.25, -0.2) is 0 Å². The highest BCUT2D eigenvalue weighted by Crippen LogP contribution is 2.47. The summed E-state index contributed by atoms with van der Waals surface area (Å²) in [5.74, 6) is -0.429. The van der Waals surface area contributed by atoms with Gasteiger partial charge in [0.15, 0.2) is 6.61 Å². The smallest absolute Gasteiger partial charge is 0.255 e. The van der Waals surface area contributed by atoms with Crippen LogP contribution in [0.2, 0.25) is 0 Å². The summed E-state index contributed by atoms with van der Waals surface area (Å²) in [4.78, 5) is 23.4. The molecule has 0 unspecified atom stereocenters. The second kappa shape index (κ2) is 6.74. The molecule has 3 N–H and O–H groups in total. The van der Waals surface area contributed by atoms with Crippen LogP contribution in [0.1, 0.15) is 28.8 Å². The number of carbonyl (C=O) groups excluding carboxylic acids is 2. The molecule has 1 aliphatic rings. The number of rotatable bonds is 7. The average Bonchev–Trinajstić information content (AvgIpc) is 3.40. The van der Waals surface area contributed by atoms with E-state index in [9.17, 15) is 9.59 Å². The fourth-order valence-electron chi connectivity index (χ4n) is 2.78. The maximum Gasteiger partial charge on any atom is 0.255 e. The molecule has 1 saturated carbocycles. The molecule has 2 aromatic carbocycles. The summed E-state index contributed by atoms with van der Waals surface area (Å²) < 4.78 is 5.32. The van der Waals surface area contributed by atoms with E-state index in [0.717, 1.165) is 12.8 Å². The number of ether oxygens (including phenoxy) is 1. The van der Waals surface area contributed by atoms with Gasteiger partial charge >= 0.3 is 0 Å². The lowest BCUT2D eigenvalue weighted by Gasteiger charge is -2.17. The van der Waals surface area contributed by atoms with Crippen molar-refractivity contribution in [2.24, 2.45) is 5.73 Å². The molecule has 0 saturated heterocycles. The maximum atomic E-state index is 12.5. The Bertz CT molecular complexity index is 739. The predicted molar refractivity (Wildman–Crippen MR) is 90.8 cm³/mol. The van der Waals surface area contributed by atoms with Crippen LogP contribution in [-0.4, -0.2) is 25.0 Å². The van der Waals surface area contributed by atoms with E-state index in [0.29, 0.717) is 17.9 Å². The molecule has 1 fully saturated rings. The topological polar surface area (TPSA) is 81.4 Å². The van der Waals surface area contributed by atoms with Crippen LogP contribution in [0.5, 0.6) is 5.75 Å². The molecular formula is C19H20N2O3. The number of carbonyl (C=O) groups is 2. The molecule has 3 rings (SSSR count). The quantitative estimate of drug-likeness (QED) is 0.817. The number of hydrogen-bond acceptors (Lipinski definition) is 3. The highest BCUT2D eigenvalue weighted by atomic mass is 16.5. The number of para-hydroxylation sites is 1. The van der Waals surface area contributed by atoms with Crippen LogP contribution in [0.4, 0.5) is 0 Å². The summed E-state index contributed by atoms with van der Waals surface area (Å²) in [7, 11) is 0. The monoisotopic (exact) mass is 324 g/mol. The van der Waals surface area contributed by atoms with Crippen molar-refractivity contribution < 1.29 is 14.3 Å². The molecule has 0 atom stereocenters. The van der Waals surface area contributed by atoms with Gasteiger partial charge in [-0.1, -0.05) is 42.5 Å². The number of nitrogens with one attached hydrogen (secondary N) is 1. The van der Waals surface area contributed by atoms with Crippen molar-refractivity contribution in [3.05, 3.63) is 65.7 Å². The van der Waals surface area contributed by atoms with Gasteiger partial charge in [-0.3, -0.25) is 9.59 Å². The van der Waals surface area contributed by atoms with E-state index in [1.54, 1.807) is 24.3 Å². The molecule has 0 spiro atoms. The number of nitrogens with two attached hydrogens (primary N) is 1. The molecule has 0 aliphatic heterocycles. The Kier molecular flexibility index (Phi) is 4.51. The van der Waals surface area contributed by atoms with Crippen LogP contribution >= 0.6 is 0 Å². The molecule has 1 aliphatic carbocycles. The Morgan fingerprint density at radius 1 is 1.04 bits per heavy atom. The van der Waals surface area contributed by atoms with E-state index in [1.165, 1.54) is 5.56 Å². The van der Waals surface area contributed by atoms with Gasteiger partial charge in [0.25, 0.3) is 11.8 Å². The van der Waals surface area contributed by atoms with Crippen LogP contribution in [0.3, 0.4) is 0 Å². The van der Waals surface area contributed by atoms with Crippen molar-refractivity contribution in [2.75, 3.05) is 13.2 Å². The second-order valence-corrected chi connectivity index (χ2v) is 6.08. The number of primary amides is 1. The number of hydrogen-bond donors (Lipinski definition) is 2. The van der Waals surface area contributed by atoms with Crippen molar-refractivity contribution in [3.63, 3.8) is 0 Å². The molecule has 0 aromatic heterocycles. The summed E-state index contributed by atoms with van der Waals surface area (Å²) in [5.41, 5.74) is 6.79. The Morgan fingerprint density at radius 3 is 2.38 bits per heavy atom. The summed E-state index contributed by atoms with van der Waals surface area (Å²) in [6.45, 7) is 0.332. The molecule has 0 heterocycles. The molecular weight excluding hydrogens is 304 g/mol. The van der Waals surface area contributed by atoms with Gasteiger partial charge in [-0.2, -0.15) is 0 Å². The fourth-order valence-corrected chi connectivity index (χ4v) is 2.78. The lowest BCUT2D eigenvalue weighted by molar-refractivity contribution is -0.119. The first-order valence-corrected chi connectivity index (χ1v) is 7.95.